The summed E-state index contributed by atoms with van der Waals surface area (Å²) in [4.78, 5) is 6.76. The Morgan fingerprint density at radius 1 is 1.22 bits per heavy atom. The second kappa shape index (κ2) is 6.41. The monoisotopic (exact) mass is 365 g/mol. The number of halogens is 1. The number of ether oxygens (including phenoxy) is 1. The van der Waals surface area contributed by atoms with Crippen LogP contribution in [0.2, 0.25) is 0 Å². The van der Waals surface area contributed by atoms with Crippen LogP contribution in [0.1, 0.15) is 25.7 Å². The maximum atomic E-state index is 6.05. The first-order valence-corrected chi connectivity index (χ1v) is 6.95. The van der Waals surface area contributed by atoms with Crippen LogP contribution >= 0.6 is 24.0 Å². The molecule has 0 amide bonds. The Morgan fingerprint density at radius 2 is 2.00 bits per heavy atom. The number of rotatable bonds is 2. The molecule has 1 aliphatic heterocycles. The van der Waals surface area contributed by atoms with Crippen molar-refractivity contribution in [3.05, 3.63) is 0 Å². The van der Waals surface area contributed by atoms with Gasteiger partial charge in [0.2, 0.25) is 0 Å². The minimum absolute atomic E-state index is 0. The predicted molar refractivity (Wildman–Crippen MR) is 83.2 cm³/mol. The third-order valence-electron chi connectivity index (χ3n) is 4.71. The fourth-order valence-corrected chi connectivity index (χ4v) is 3.70. The van der Waals surface area contributed by atoms with Gasteiger partial charge in [-0.3, -0.25) is 4.99 Å². The minimum Gasteiger partial charge on any atom is -0.378 e. The van der Waals surface area contributed by atoms with E-state index >= 15 is 0 Å². The second-order valence-electron chi connectivity index (χ2n) is 5.73. The van der Waals surface area contributed by atoms with Gasteiger partial charge in [0.15, 0.2) is 5.96 Å². The highest BCUT2D eigenvalue weighted by atomic mass is 127. The van der Waals surface area contributed by atoms with Crippen molar-refractivity contribution in [2.24, 2.45) is 28.5 Å². The zero-order valence-electron chi connectivity index (χ0n) is 10.9. The molecule has 2 aliphatic carbocycles. The van der Waals surface area contributed by atoms with Gasteiger partial charge in [0.25, 0.3) is 0 Å². The van der Waals surface area contributed by atoms with Gasteiger partial charge in [-0.2, -0.15) is 0 Å². The molecule has 1 heterocycles. The first-order valence-electron chi connectivity index (χ1n) is 6.95. The van der Waals surface area contributed by atoms with E-state index in [9.17, 15) is 0 Å². The first kappa shape index (κ1) is 14.4. The van der Waals surface area contributed by atoms with Gasteiger partial charge in [-0.1, -0.05) is 6.42 Å². The van der Waals surface area contributed by atoms with Gasteiger partial charge in [-0.15, -0.1) is 24.0 Å². The number of hydrogen-bond donors (Lipinski definition) is 1. The number of morpholine rings is 1. The van der Waals surface area contributed by atoms with Crippen molar-refractivity contribution >= 4 is 29.9 Å². The number of nitrogens with two attached hydrogens (primary N) is 1. The van der Waals surface area contributed by atoms with Crippen LogP contribution < -0.4 is 5.73 Å². The molecule has 2 bridgehead atoms. The Balaban J connectivity index is 0.00000120. The molecule has 2 N–H and O–H groups in total. The van der Waals surface area contributed by atoms with Crippen LogP contribution in [0.25, 0.3) is 0 Å². The van der Waals surface area contributed by atoms with Gasteiger partial charge < -0.3 is 15.4 Å². The quantitative estimate of drug-likeness (QED) is 0.460. The SMILES string of the molecule is I.NC(=NCC1CC2CCC1C2)N1CCOCC1. The van der Waals surface area contributed by atoms with E-state index in [1.165, 1.54) is 25.7 Å². The summed E-state index contributed by atoms with van der Waals surface area (Å²) in [5, 5.41) is 0. The smallest absolute Gasteiger partial charge is 0.191 e. The highest BCUT2D eigenvalue weighted by Gasteiger charge is 2.39. The molecule has 0 aromatic carbocycles. The molecule has 3 atom stereocenters. The molecule has 5 heteroatoms. The van der Waals surface area contributed by atoms with Gasteiger partial charge in [-0.05, 0) is 37.0 Å². The molecule has 104 valence electrons. The molecule has 18 heavy (non-hydrogen) atoms. The number of hydrogen-bond acceptors (Lipinski definition) is 2. The van der Waals surface area contributed by atoms with Crippen molar-refractivity contribution in [2.75, 3.05) is 32.8 Å². The fourth-order valence-electron chi connectivity index (χ4n) is 3.70. The van der Waals surface area contributed by atoms with E-state index in [1.54, 1.807) is 0 Å². The van der Waals surface area contributed by atoms with E-state index in [0.717, 1.165) is 56.6 Å². The summed E-state index contributed by atoms with van der Waals surface area (Å²) < 4.78 is 5.32. The van der Waals surface area contributed by atoms with Crippen molar-refractivity contribution < 1.29 is 4.74 Å². The van der Waals surface area contributed by atoms with Crippen LogP contribution in [0.3, 0.4) is 0 Å². The van der Waals surface area contributed by atoms with Crippen LogP contribution in [0.15, 0.2) is 4.99 Å². The molecular weight excluding hydrogens is 341 g/mol. The van der Waals surface area contributed by atoms with E-state index in [2.05, 4.69) is 9.89 Å². The molecule has 3 aliphatic rings. The summed E-state index contributed by atoms with van der Waals surface area (Å²) in [5.74, 6) is 3.50. The maximum Gasteiger partial charge on any atom is 0.191 e. The van der Waals surface area contributed by atoms with Crippen LogP contribution in [0.4, 0.5) is 0 Å². The Hall–Kier alpha value is -0.0400. The lowest BCUT2D eigenvalue weighted by atomic mass is 9.89. The number of fused-ring (bicyclic) bond motifs is 2. The molecule has 2 saturated carbocycles. The normalized spacial score (nSPS) is 35.7. The van der Waals surface area contributed by atoms with Crippen molar-refractivity contribution in [3.8, 4) is 0 Å². The fraction of sp³-hybridized carbons (Fsp3) is 0.923. The highest BCUT2D eigenvalue weighted by Crippen LogP contribution is 2.48. The summed E-state index contributed by atoms with van der Waals surface area (Å²) >= 11 is 0. The lowest BCUT2D eigenvalue weighted by Gasteiger charge is -2.28. The molecule has 3 rings (SSSR count). The predicted octanol–water partition coefficient (Wildman–Crippen LogP) is 1.69. The first-order chi connectivity index (χ1) is 8.33. The van der Waals surface area contributed by atoms with Crippen LogP contribution in [-0.4, -0.2) is 43.7 Å². The molecule has 3 fully saturated rings. The van der Waals surface area contributed by atoms with Gasteiger partial charge in [0.1, 0.15) is 0 Å². The summed E-state index contributed by atoms with van der Waals surface area (Å²) in [6.45, 7) is 4.30. The number of guanidine groups is 1. The Bertz CT molecular complexity index is 305. The second-order valence-corrected chi connectivity index (χ2v) is 5.73. The molecule has 4 nitrogen and oxygen atoms in total. The molecular formula is C13H24IN3O. The maximum absolute atomic E-state index is 6.05. The topological polar surface area (TPSA) is 50.8 Å². The van der Waals surface area contributed by atoms with E-state index in [4.69, 9.17) is 10.5 Å². The van der Waals surface area contributed by atoms with Crippen LogP contribution in [0, 0.1) is 17.8 Å². The summed E-state index contributed by atoms with van der Waals surface area (Å²) in [6, 6.07) is 0. The van der Waals surface area contributed by atoms with Crippen LogP contribution in [0.5, 0.6) is 0 Å². The van der Waals surface area contributed by atoms with E-state index < -0.39 is 0 Å². The zero-order valence-corrected chi connectivity index (χ0v) is 13.2. The van der Waals surface area contributed by atoms with Crippen LogP contribution in [-0.2, 0) is 4.74 Å². The molecule has 3 unspecified atom stereocenters. The van der Waals surface area contributed by atoms with Gasteiger partial charge in [0, 0.05) is 19.6 Å². The number of aliphatic imine (C=N–C) groups is 1. The number of nitrogens with zero attached hydrogens (tertiary/aromatic N) is 2. The third kappa shape index (κ3) is 3.10. The van der Waals surface area contributed by atoms with Crippen molar-refractivity contribution in [1.29, 1.82) is 0 Å². The van der Waals surface area contributed by atoms with E-state index in [1.807, 2.05) is 0 Å². The lowest BCUT2D eigenvalue weighted by Crippen LogP contribution is -2.45. The summed E-state index contributed by atoms with van der Waals surface area (Å²) in [7, 11) is 0. The molecule has 1 saturated heterocycles. The largest absolute Gasteiger partial charge is 0.378 e. The van der Waals surface area contributed by atoms with Crippen molar-refractivity contribution in [1.82, 2.24) is 4.90 Å². The summed E-state index contributed by atoms with van der Waals surface area (Å²) in [6.07, 6.45) is 5.74. The average molecular weight is 365 g/mol. The van der Waals surface area contributed by atoms with Gasteiger partial charge >= 0.3 is 0 Å². The standard InChI is InChI=1S/C13H23N3O.HI/c14-13(16-3-5-17-6-4-16)15-9-12-8-10-1-2-11(12)7-10;/h10-12H,1-9H2,(H2,14,15);1H. The third-order valence-corrected chi connectivity index (χ3v) is 4.71. The lowest BCUT2D eigenvalue weighted by molar-refractivity contribution is 0.0673. The average Bonchev–Trinajstić information content (AvgIpc) is 2.99. The minimum atomic E-state index is 0. The molecule has 0 radical (unpaired) electrons. The zero-order chi connectivity index (χ0) is 11.7. The Kier molecular flexibility index (Phi) is 5.12. The highest BCUT2D eigenvalue weighted by molar-refractivity contribution is 14.0. The molecule has 0 aromatic heterocycles. The van der Waals surface area contributed by atoms with E-state index in [0.29, 0.717) is 0 Å². The van der Waals surface area contributed by atoms with Gasteiger partial charge in [-0.25, -0.2) is 0 Å². The molecule has 0 spiro atoms. The summed E-state index contributed by atoms with van der Waals surface area (Å²) in [5.41, 5.74) is 6.05. The van der Waals surface area contributed by atoms with Gasteiger partial charge in [0.05, 0.1) is 13.2 Å². The van der Waals surface area contributed by atoms with Crippen molar-refractivity contribution in [2.45, 2.75) is 25.7 Å². The molecule has 0 aromatic rings. The van der Waals surface area contributed by atoms with E-state index in [-0.39, 0.29) is 24.0 Å². The Morgan fingerprint density at radius 3 is 2.61 bits per heavy atom. The van der Waals surface area contributed by atoms with Crippen molar-refractivity contribution in [3.63, 3.8) is 0 Å². The Labute approximate surface area is 126 Å².